The first kappa shape index (κ1) is 11.5. The molecule has 3 atom stereocenters. The molecule has 14 heavy (non-hydrogen) atoms. The minimum absolute atomic E-state index is 0.113. The molecular formula is C10H18O4. The van der Waals surface area contributed by atoms with Crippen molar-refractivity contribution in [2.75, 3.05) is 13.7 Å². The lowest BCUT2D eigenvalue weighted by Gasteiger charge is -2.42. The van der Waals surface area contributed by atoms with Gasteiger partial charge in [0.25, 0.3) is 0 Å². The lowest BCUT2D eigenvalue weighted by Crippen LogP contribution is -2.54. The molecule has 4 heteroatoms. The van der Waals surface area contributed by atoms with E-state index in [1.54, 1.807) is 7.11 Å². The van der Waals surface area contributed by atoms with E-state index in [4.69, 9.17) is 14.2 Å². The van der Waals surface area contributed by atoms with Gasteiger partial charge in [0.15, 0.2) is 6.10 Å². The Bertz CT molecular complexity index is 216. The van der Waals surface area contributed by atoms with Crippen LogP contribution >= 0.6 is 0 Å². The second kappa shape index (κ2) is 4.28. The van der Waals surface area contributed by atoms with Crippen LogP contribution in [0.2, 0.25) is 0 Å². The molecule has 0 bridgehead atoms. The number of hydrogen-bond acceptors (Lipinski definition) is 4. The maximum atomic E-state index is 10.9. The van der Waals surface area contributed by atoms with Gasteiger partial charge in [0.05, 0.1) is 6.10 Å². The van der Waals surface area contributed by atoms with Gasteiger partial charge >= 0.3 is 5.97 Å². The Hall–Kier alpha value is -0.610. The molecule has 1 aliphatic rings. The molecule has 0 aromatic rings. The van der Waals surface area contributed by atoms with Crippen molar-refractivity contribution in [1.29, 1.82) is 0 Å². The maximum absolute atomic E-state index is 10.9. The van der Waals surface area contributed by atoms with Crippen LogP contribution in [0.1, 0.15) is 27.2 Å². The fraction of sp³-hybridized carbons (Fsp3) is 0.900. The van der Waals surface area contributed by atoms with Crippen LogP contribution in [-0.4, -0.2) is 37.5 Å². The summed E-state index contributed by atoms with van der Waals surface area (Å²) in [5.41, 5.74) is -0.427. The Kier molecular flexibility index (Phi) is 3.50. The third-order valence-electron chi connectivity index (χ3n) is 2.77. The van der Waals surface area contributed by atoms with E-state index in [1.807, 2.05) is 13.8 Å². The van der Waals surface area contributed by atoms with Crippen LogP contribution in [0.5, 0.6) is 0 Å². The van der Waals surface area contributed by atoms with Gasteiger partial charge in [0, 0.05) is 27.1 Å². The molecule has 0 saturated carbocycles. The minimum atomic E-state index is -0.427. The van der Waals surface area contributed by atoms with E-state index in [-0.39, 0.29) is 18.2 Å². The second-order valence-electron chi connectivity index (χ2n) is 3.87. The summed E-state index contributed by atoms with van der Waals surface area (Å²) in [6, 6.07) is 0. The van der Waals surface area contributed by atoms with E-state index < -0.39 is 5.60 Å². The molecule has 0 aliphatic carbocycles. The highest BCUT2D eigenvalue weighted by Crippen LogP contribution is 2.30. The Morgan fingerprint density at radius 2 is 2.21 bits per heavy atom. The molecular weight excluding hydrogens is 184 g/mol. The minimum Gasteiger partial charge on any atom is -0.457 e. The molecule has 4 nitrogen and oxygen atoms in total. The molecule has 1 fully saturated rings. The number of esters is 1. The Labute approximate surface area is 84.5 Å². The van der Waals surface area contributed by atoms with Crippen LogP contribution in [0.4, 0.5) is 0 Å². The topological polar surface area (TPSA) is 44.8 Å². The number of rotatable bonds is 2. The molecule has 0 spiro atoms. The zero-order valence-electron chi connectivity index (χ0n) is 9.20. The molecule has 0 amide bonds. The Morgan fingerprint density at radius 1 is 1.57 bits per heavy atom. The summed E-state index contributed by atoms with van der Waals surface area (Å²) in [6.45, 7) is 5.88. The molecule has 0 aromatic heterocycles. The van der Waals surface area contributed by atoms with E-state index in [2.05, 4.69) is 0 Å². The Balaban J connectivity index is 2.75. The molecule has 0 radical (unpaired) electrons. The summed E-state index contributed by atoms with van der Waals surface area (Å²) in [6.07, 6.45) is 0.308. The van der Waals surface area contributed by atoms with E-state index in [9.17, 15) is 4.79 Å². The van der Waals surface area contributed by atoms with E-state index in [0.717, 1.165) is 6.42 Å². The van der Waals surface area contributed by atoms with Crippen molar-refractivity contribution in [2.24, 2.45) is 0 Å². The van der Waals surface area contributed by atoms with Crippen LogP contribution in [0.3, 0.4) is 0 Å². The predicted octanol–water partition coefficient (Wildman–Crippen LogP) is 1.13. The third kappa shape index (κ3) is 2.25. The van der Waals surface area contributed by atoms with Crippen molar-refractivity contribution < 1.29 is 19.0 Å². The second-order valence-corrected chi connectivity index (χ2v) is 3.87. The van der Waals surface area contributed by atoms with Crippen molar-refractivity contribution in [3.05, 3.63) is 0 Å². The third-order valence-corrected chi connectivity index (χ3v) is 2.77. The van der Waals surface area contributed by atoms with Crippen LogP contribution in [0.25, 0.3) is 0 Å². The molecule has 82 valence electrons. The van der Waals surface area contributed by atoms with Gasteiger partial charge in [-0.05, 0) is 13.8 Å². The first-order chi connectivity index (χ1) is 6.49. The maximum Gasteiger partial charge on any atom is 0.303 e. The average Bonchev–Trinajstić information content (AvgIpc) is 2.12. The van der Waals surface area contributed by atoms with Gasteiger partial charge in [-0.2, -0.15) is 0 Å². The summed E-state index contributed by atoms with van der Waals surface area (Å²) in [4.78, 5) is 10.9. The summed E-state index contributed by atoms with van der Waals surface area (Å²) >= 11 is 0. The summed E-state index contributed by atoms with van der Waals surface area (Å²) in [5.74, 6) is -0.296. The number of carbonyl (C=O) groups is 1. The van der Waals surface area contributed by atoms with Gasteiger partial charge in [-0.25, -0.2) is 0 Å². The van der Waals surface area contributed by atoms with Crippen LogP contribution in [-0.2, 0) is 19.0 Å². The first-order valence-electron chi connectivity index (χ1n) is 4.83. The van der Waals surface area contributed by atoms with Gasteiger partial charge in [0.2, 0.25) is 0 Å². The van der Waals surface area contributed by atoms with Crippen LogP contribution < -0.4 is 0 Å². The first-order valence-corrected chi connectivity index (χ1v) is 4.83. The van der Waals surface area contributed by atoms with Gasteiger partial charge in [0.1, 0.15) is 5.60 Å². The zero-order valence-corrected chi connectivity index (χ0v) is 9.20. The summed E-state index contributed by atoms with van der Waals surface area (Å²) < 4.78 is 16.1. The lowest BCUT2D eigenvalue weighted by atomic mass is 9.89. The highest BCUT2D eigenvalue weighted by Gasteiger charge is 2.44. The van der Waals surface area contributed by atoms with Crippen molar-refractivity contribution >= 4 is 5.97 Å². The fourth-order valence-electron chi connectivity index (χ4n) is 1.79. The monoisotopic (exact) mass is 202 g/mol. The number of ether oxygens (including phenoxy) is 3. The van der Waals surface area contributed by atoms with Crippen molar-refractivity contribution in [2.45, 2.75) is 45.0 Å². The number of carbonyl (C=O) groups excluding carboxylic acids is 1. The molecule has 1 aliphatic heterocycles. The van der Waals surface area contributed by atoms with E-state index in [1.165, 1.54) is 6.92 Å². The fourth-order valence-corrected chi connectivity index (χ4v) is 1.79. The Morgan fingerprint density at radius 3 is 2.71 bits per heavy atom. The van der Waals surface area contributed by atoms with Gasteiger partial charge in [-0.3, -0.25) is 4.79 Å². The highest BCUT2D eigenvalue weighted by atomic mass is 16.6. The van der Waals surface area contributed by atoms with Gasteiger partial charge in [-0.15, -0.1) is 0 Å². The average molecular weight is 202 g/mol. The molecule has 1 rings (SSSR count). The van der Waals surface area contributed by atoms with Crippen LogP contribution in [0, 0.1) is 0 Å². The highest BCUT2D eigenvalue weighted by molar-refractivity contribution is 5.66. The molecule has 0 aromatic carbocycles. The quantitative estimate of drug-likeness (QED) is 0.630. The van der Waals surface area contributed by atoms with Gasteiger partial charge in [-0.1, -0.05) is 0 Å². The molecule has 0 N–H and O–H groups in total. The van der Waals surface area contributed by atoms with E-state index in [0.29, 0.717) is 6.61 Å². The zero-order chi connectivity index (χ0) is 10.8. The predicted molar refractivity (Wildman–Crippen MR) is 51.0 cm³/mol. The lowest BCUT2D eigenvalue weighted by molar-refractivity contribution is -0.210. The van der Waals surface area contributed by atoms with Crippen molar-refractivity contribution in [1.82, 2.24) is 0 Å². The van der Waals surface area contributed by atoms with Crippen molar-refractivity contribution in [3.8, 4) is 0 Å². The molecule has 0 unspecified atom stereocenters. The largest absolute Gasteiger partial charge is 0.457 e. The SMILES string of the molecule is CO[C@@]1(C)CCO[C@@H](C)[C@@H]1OC(C)=O. The van der Waals surface area contributed by atoms with Crippen LogP contribution in [0.15, 0.2) is 0 Å². The summed E-state index contributed by atoms with van der Waals surface area (Å²) in [7, 11) is 1.63. The number of hydrogen-bond donors (Lipinski definition) is 0. The normalized spacial score (nSPS) is 38.0. The smallest absolute Gasteiger partial charge is 0.303 e. The van der Waals surface area contributed by atoms with E-state index >= 15 is 0 Å². The van der Waals surface area contributed by atoms with Gasteiger partial charge < -0.3 is 14.2 Å². The number of methoxy groups -OCH3 is 1. The standard InChI is InChI=1S/C10H18O4/c1-7-9(14-8(2)11)10(3,12-4)5-6-13-7/h7,9H,5-6H2,1-4H3/t7-,9-,10-/m0/s1. The molecule has 1 heterocycles. The van der Waals surface area contributed by atoms with Crippen molar-refractivity contribution in [3.63, 3.8) is 0 Å². The summed E-state index contributed by atoms with van der Waals surface area (Å²) in [5, 5.41) is 0. The molecule has 1 saturated heterocycles.